The zero-order chi connectivity index (χ0) is 21.7. The number of anilines is 2. The molecule has 0 fully saturated rings. The van der Waals surface area contributed by atoms with Crippen LogP contribution in [-0.4, -0.2) is 46.9 Å². The van der Waals surface area contributed by atoms with E-state index in [2.05, 4.69) is 19.9 Å². The molecule has 2 unspecified atom stereocenters. The Balaban J connectivity index is 1.39. The first kappa shape index (κ1) is 19.7. The summed E-state index contributed by atoms with van der Waals surface area (Å²) >= 11 is 6.00. The number of pyridine rings is 2. The summed E-state index contributed by atoms with van der Waals surface area (Å²) in [6.07, 6.45) is 6.05. The quantitative estimate of drug-likeness (QED) is 0.354. The van der Waals surface area contributed by atoms with Gasteiger partial charge in [-0.15, -0.1) is 0 Å². The Labute approximate surface area is 182 Å². The Morgan fingerprint density at radius 3 is 2.71 bits per heavy atom. The molecule has 0 aromatic carbocycles. The average Bonchev–Trinajstić information content (AvgIpc) is 3.30. The number of rotatable bonds is 4. The van der Waals surface area contributed by atoms with E-state index in [9.17, 15) is 10.2 Å². The van der Waals surface area contributed by atoms with Crippen molar-refractivity contribution in [1.29, 1.82) is 0 Å². The summed E-state index contributed by atoms with van der Waals surface area (Å²) in [5.41, 5.74) is 15.3. The fraction of sp³-hybridized carbons (Fsp3) is 0.238. The van der Waals surface area contributed by atoms with Crippen LogP contribution in [-0.2, 0) is 6.42 Å². The van der Waals surface area contributed by atoms with Crippen molar-refractivity contribution in [3.05, 3.63) is 59.2 Å². The fourth-order valence-corrected chi connectivity index (χ4v) is 4.18. The fourth-order valence-electron chi connectivity index (χ4n) is 4.04. The van der Waals surface area contributed by atoms with E-state index >= 15 is 0 Å². The van der Waals surface area contributed by atoms with E-state index in [0.717, 1.165) is 11.1 Å². The molecule has 4 heterocycles. The van der Waals surface area contributed by atoms with Gasteiger partial charge in [0.15, 0.2) is 0 Å². The van der Waals surface area contributed by atoms with Gasteiger partial charge in [0, 0.05) is 12.4 Å². The van der Waals surface area contributed by atoms with Crippen LogP contribution in [0.4, 0.5) is 11.6 Å². The van der Waals surface area contributed by atoms with Crippen LogP contribution in [0.15, 0.2) is 48.6 Å². The lowest BCUT2D eigenvalue weighted by Gasteiger charge is -2.19. The molecule has 5 rings (SSSR count). The molecule has 1 aliphatic rings. The summed E-state index contributed by atoms with van der Waals surface area (Å²) in [4.78, 5) is 16.9. The molecule has 0 saturated carbocycles. The summed E-state index contributed by atoms with van der Waals surface area (Å²) in [5, 5.41) is 22.4. The van der Waals surface area contributed by atoms with Crippen LogP contribution in [0.3, 0.4) is 0 Å². The Morgan fingerprint density at radius 1 is 1.03 bits per heavy atom. The van der Waals surface area contributed by atoms with Gasteiger partial charge in [0.1, 0.15) is 35.8 Å². The number of aromatic nitrogens is 5. The van der Waals surface area contributed by atoms with Crippen LogP contribution in [0.5, 0.6) is 0 Å². The van der Waals surface area contributed by atoms with Crippen molar-refractivity contribution in [2.24, 2.45) is 0 Å². The molecular weight excluding hydrogens is 418 g/mol. The number of aliphatic hydroxyl groups is 2. The van der Waals surface area contributed by atoms with Gasteiger partial charge < -0.3 is 26.2 Å². The lowest BCUT2D eigenvalue weighted by atomic mass is 10.0. The highest BCUT2D eigenvalue weighted by Gasteiger charge is 2.36. The molecular formula is C21H20ClN7O2. The number of halogens is 1. The molecule has 31 heavy (non-hydrogen) atoms. The number of aryl methyl sites for hydroxylation is 1. The second kappa shape index (κ2) is 7.45. The first-order valence-corrected chi connectivity index (χ1v) is 10.1. The molecule has 0 saturated heterocycles. The molecule has 0 radical (unpaired) electrons. The van der Waals surface area contributed by atoms with Gasteiger partial charge in [-0.1, -0.05) is 17.7 Å². The first-order valence-electron chi connectivity index (χ1n) is 9.77. The first-order chi connectivity index (χ1) is 14.9. The number of fused-ring (bicyclic) bond motifs is 2. The number of aliphatic hydroxyl groups excluding tert-OH is 2. The summed E-state index contributed by atoms with van der Waals surface area (Å²) in [5.74, 6) is 0.636. The summed E-state index contributed by atoms with van der Waals surface area (Å²) in [7, 11) is 0. The van der Waals surface area contributed by atoms with E-state index in [0.29, 0.717) is 45.7 Å². The van der Waals surface area contributed by atoms with Gasteiger partial charge in [0.2, 0.25) is 0 Å². The van der Waals surface area contributed by atoms with Crippen LogP contribution in [0, 0.1) is 0 Å². The molecule has 10 heteroatoms. The predicted molar refractivity (Wildman–Crippen MR) is 118 cm³/mol. The van der Waals surface area contributed by atoms with Crippen molar-refractivity contribution >= 4 is 45.3 Å². The van der Waals surface area contributed by atoms with Gasteiger partial charge in [-0.05, 0) is 42.2 Å². The van der Waals surface area contributed by atoms with Crippen molar-refractivity contribution in [2.75, 3.05) is 11.5 Å². The molecule has 4 aromatic rings. The molecule has 3 atom stereocenters. The summed E-state index contributed by atoms with van der Waals surface area (Å²) in [6.45, 7) is 0. The van der Waals surface area contributed by atoms with E-state index in [1.165, 1.54) is 6.33 Å². The Morgan fingerprint density at radius 2 is 1.87 bits per heavy atom. The third kappa shape index (κ3) is 3.36. The van der Waals surface area contributed by atoms with Crippen molar-refractivity contribution in [1.82, 2.24) is 24.5 Å². The number of nitrogens with zero attached hydrogens (tertiary/aromatic N) is 5. The summed E-state index contributed by atoms with van der Waals surface area (Å²) in [6, 6.07) is 4.95. The van der Waals surface area contributed by atoms with Crippen molar-refractivity contribution < 1.29 is 10.2 Å². The minimum absolute atomic E-state index is 0.261. The van der Waals surface area contributed by atoms with E-state index < -0.39 is 18.2 Å². The third-order valence-electron chi connectivity index (χ3n) is 5.70. The minimum Gasteiger partial charge on any atom is -0.388 e. The molecule has 1 aliphatic carbocycles. The largest absolute Gasteiger partial charge is 0.388 e. The van der Waals surface area contributed by atoms with E-state index in [1.54, 1.807) is 24.5 Å². The van der Waals surface area contributed by atoms with Crippen LogP contribution in [0.25, 0.3) is 22.1 Å². The van der Waals surface area contributed by atoms with Crippen LogP contribution < -0.4 is 11.5 Å². The van der Waals surface area contributed by atoms with E-state index in [1.807, 2.05) is 16.7 Å². The monoisotopic (exact) mass is 437 g/mol. The topological polar surface area (TPSA) is 149 Å². The van der Waals surface area contributed by atoms with Crippen LogP contribution in [0.1, 0.15) is 18.0 Å². The van der Waals surface area contributed by atoms with Crippen LogP contribution in [0.2, 0.25) is 5.02 Å². The normalized spacial score (nSPS) is 21.1. The highest BCUT2D eigenvalue weighted by Crippen LogP contribution is 2.34. The zero-order valence-corrected chi connectivity index (χ0v) is 17.1. The molecule has 9 nitrogen and oxygen atoms in total. The number of nitrogens with two attached hydrogens (primary N) is 2. The van der Waals surface area contributed by atoms with Gasteiger partial charge in [-0.3, -0.25) is 4.98 Å². The molecule has 0 amide bonds. The predicted octanol–water partition coefficient (Wildman–Crippen LogP) is 2.03. The van der Waals surface area contributed by atoms with Crippen molar-refractivity contribution in [3.63, 3.8) is 0 Å². The number of hydrogen-bond donors (Lipinski definition) is 4. The molecule has 0 spiro atoms. The van der Waals surface area contributed by atoms with Gasteiger partial charge in [-0.25, -0.2) is 15.0 Å². The van der Waals surface area contributed by atoms with E-state index in [-0.39, 0.29) is 5.82 Å². The Hall–Kier alpha value is -3.27. The molecule has 158 valence electrons. The summed E-state index contributed by atoms with van der Waals surface area (Å²) < 4.78 is 1.81. The standard InChI is InChI=1S/C21H20ClN7O2/c22-13-7-14-15(28-20(13)24)5-10(8-25-14)1-2-11-6-16(18(31)17(11)30)29-4-3-12-19(23)26-9-27-21(12)29/h3-9,16-18,30-31H,1-2H2,(H2,24,28)(H2,23,26,27)/t16?,17?,18-/m1/s1. The SMILES string of the molecule is Nc1nc2cc(CCC3=CC(n4ccc5c(N)ncnc54)[C@@H](O)C3O)cnc2cc1Cl. The average molecular weight is 438 g/mol. The Bertz CT molecular complexity index is 1340. The van der Waals surface area contributed by atoms with Crippen molar-refractivity contribution in [2.45, 2.75) is 31.1 Å². The third-order valence-corrected chi connectivity index (χ3v) is 6.01. The second-order valence-electron chi connectivity index (χ2n) is 7.62. The second-order valence-corrected chi connectivity index (χ2v) is 8.03. The molecule has 0 aliphatic heterocycles. The highest BCUT2D eigenvalue weighted by atomic mass is 35.5. The molecule has 4 aromatic heterocycles. The maximum absolute atomic E-state index is 10.7. The highest BCUT2D eigenvalue weighted by molar-refractivity contribution is 6.33. The van der Waals surface area contributed by atoms with Crippen molar-refractivity contribution in [3.8, 4) is 0 Å². The smallest absolute Gasteiger partial charge is 0.146 e. The van der Waals surface area contributed by atoms with Crippen LogP contribution >= 0.6 is 11.6 Å². The minimum atomic E-state index is -0.986. The Kier molecular flexibility index (Phi) is 4.73. The maximum Gasteiger partial charge on any atom is 0.146 e. The lowest BCUT2D eigenvalue weighted by Crippen LogP contribution is -2.29. The molecule has 0 bridgehead atoms. The number of nitrogen functional groups attached to an aromatic ring is 2. The van der Waals surface area contributed by atoms with Gasteiger partial charge in [-0.2, -0.15) is 0 Å². The van der Waals surface area contributed by atoms with Gasteiger partial charge >= 0.3 is 0 Å². The van der Waals surface area contributed by atoms with Gasteiger partial charge in [0.05, 0.1) is 27.5 Å². The number of hydrogen-bond acceptors (Lipinski definition) is 8. The van der Waals surface area contributed by atoms with E-state index in [4.69, 9.17) is 23.1 Å². The maximum atomic E-state index is 10.7. The lowest BCUT2D eigenvalue weighted by molar-refractivity contribution is 0.0317. The molecule has 6 N–H and O–H groups in total. The van der Waals surface area contributed by atoms with Gasteiger partial charge in [0.25, 0.3) is 0 Å². The zero-order valence-electron chi connectivity index (χ0n) is 16.4.